The number of carbonyl (C=O) groups excluding carboxylic acids is 1. The normalized spacial score (nSPS) is 23.5. The van der Waals surface area contributed by atoms with Crippen LogP contribution in [0.3, 0.4) is 0 Å². The Kier molecular flexibility index (Phi) is 5.22. The van der Waals surface area contributed by atoms with Gasteiger partial charge in [-0.05, 0) is 56.4 Å². The van der Waals surface area contributed by atoms with Gasteiger partial charge in [-0.25, -0.2) is 0 Å². The number of aryl methyl sites for hydroxylation is 2. The molecule has 1 saturated carbocycles. The van der Waals surface area contributed by atoms with Gasteiger partial charge in [0.1, 0.15) is 0 Å². The minimum Gasteiger partial charge on any atom is -0.481 e. The van der Waals surface area contributed by atoms with E-state index in [1.165, 1.54) is 11.1 Å². The highest BCUT2D eigenvalue weighted by Crippen LogP contribution is 2.44. The molecule has 1 saturated heterocycles. The van der Waals surface area contributed by atoms with E-state index < -0.39 is 5.97 Å². The van der Waals surface area contributed by atoms with E-state index in [4.69, 9.17) is 0 Å². The zero-order valence-electron chi connectivity index (χ0n) is 14.4. The fourth-order valence-electron chi connectivity index (χ4n) is 3.81. The molecule has 1 aliphatic heterocycles. The van der Waals surface area contributed by atoms with Gasteiger partial charge in [0.15, 0.2) is 0 Å². The molecule has 0 aromatic heterocycles. The number of benzene rings is 1. The molecule has 0 radical (unpaired) electrons. The summed E-state index contributed by atoms with van der Waals surface area (Å²) in [6, 6.07) is 8.54. The zero-order chi connectivity index (χ0) is 17.1. The lowest BCUT2D eigenvalue weighted by molar-refractivity contribution is -0.142. The molecule has 2 atom stereocenters. The third kappa shape index (κ3) is 4.16. The Balaban J connectivity index is 1.42. The van der Waals surface area contributed by atoms with Crippen LogP contribution in [-0.2, 0) is 16.0 Å². The Labute approximate surface area is 143 Å². The summed E-state index contributed by atoms with van der Waals surface area (Å²) in [5.41, 5.74) is 2.58. The van der Waals surface area contributed by atoms with Crippen LogP contribution >= 0.6 is 0 Å². The number of likely N-dealkylation sites (tertiary alicyclic amines) is 1. The van der Waals surface area contributed by atoms with E-state index in [1.54, 1.807) is 4.90 Å². The lowest BCUT2D eigenvalue weighted by atomic mass is 9.92. The number of aliphatic carboxylic acids is 1. The molecule has 1 aromatic carbocycles. The predicted molar refractivity (Wildman–Crippen MR) is 92.7 cm³/mol. The molecule has 24 heavy (non-hydrogen) atoms. The van der Waals surface area contributed by atoms with Crippen LogP contribution in [0.2, 0.25) is 0 Å². The van der Waals surface area contributed by atoms with Gasteiger partial charge in [-0.2, -0.15) is 0 Å². The summed E-state index contributed by atoms with van der Waals surface area (Å²) >= 11 is 0. The van der Waals surface area contributed by atoms with Crippen molar-refractivity contribution >= 4 is 11.9 Å². The maximum atomic E-state index is 12.4. The minimum absolute atomic E-state index is 0.133. The molecular weight excluding hydrogens is 302 g/mol. The van der Waals surface area contributed by atoms with Gasteiger partial charge in [-0.15, -0.1) is 0 Å². The molecule has 2 fully saturated rings. The maximum absolute atomic E-state index is 12.4. The Morgan fingerprint density at radius 3 is 2.46 bits per heavy atom. The summed E-state index contributed by atoms with van der Waals surface area (Å²) in [6.45, 7) is 3.14. The number of nitrogens with zero attached hydrogens (tertiary/aromatic N) is 1. The van der Waals surface area contributed by atoms with Crippen LogP contribution in [0, 0.1) is 24.7 Å². The second-order valence-electron chi connectivity index (χ2n) is 7.44. The fourth-order valence-corrected chi connectivity index (χ4v) is 3.81. The SMILES string of the molecule is Cc1ccc(CCCCC(=O)N2C[C@H](C(=O)O)[C@@H](C3CC3)C2)cc1. The van der Waals surface area contributed by atoms with Crippen molar-refractivity contribution in [2.75, 3.05) is 13.1 Å². The van der Waals surface area contributed by atoms with E-state index in [0.29, 0.717) is 25.4 Å². The first-order valence-electron chi connectivity index (χ1n) is 9.10. The number of carboxylic acids is 1. The largest absolute Gasteiger partial charge is 0.481 e. The molecule has 130 valence electrons. The van der Waals surface area contributed by atoms with Gasteiger partial charge in [0.2, 0.25) is 5.91 Å². The van der Waals surface area contributed by atoms with Crippen LogP contribution in [0.5, 0.6) is 0 Å². The first kappa shape index (κ1) is 17.0. The summed E-state index contributed by atoms with van der Waals surface area (Å²) in [5, 5.41) is 9.38. The molecule has 0 unspecified atom stereocenters. The number of amides is 1. The smallest absolute Gasteiger partial charge is 0.308 e. The maximum Gasteiger partial charge on any atom is 0.308 e. The number of carbonyl (C=O) groups is 2. The minimum atomic E-state index is -0.735. The molecule has 1 amide bonds. The molecule has 4 heteroatoms. The molecule has 3 rings (SSSR count). The number of rotatable bonds is 7. The lowest BCUT2D eigenvalue weighted by Gasteiger charge is -2.16. The predicted octanol–water partition coefficient (Wildman–Crippen LogP) is 3.28. The Bertz CT molecular complexity index is 591. The van der Waals surface area contributed by atoms with Crippen molar-refractivity contribution in [3.05, 3.63) is 35.4 Å². The van der Waals surface area contributed by atoms with Gasteiger partial charge in [0.25, 0.3) is 0 Å². The highest BCUT2D eigenvalue weighted by molar-refractivity contribution is 5.79. The van der Waals surface area contributed by atoms with E-state index in [2.05, 4.69) is 31.2 Å². The highest BCUT2D eigenvalue weighted by atomic mass is 16.4. The van der Waals surface area contributed by atoms with Crippen LogP contribution in [0.15, 0.2) is 24.3 Å². The van der Waals surface area contributed by atoms with Crippen molar-refractivity contribution in [3.8, 4) is 0 Å². The third-order valence-corrected chi connectivity index (χ3v) is 5.49. The van der Waals surface area contributed by atoms with E-state index in [0.717, 1.165) is 32.1 Å². The zero-order valence-corrected chi connectivity index (χ0v) is 14.4. The molecular formula is C20H27NO3. The van der Waals surface area contributed by atoms with Crippen LogP contribution in [0.25, 0.3) is 0 Å². The summed E-state index contributed by atoms with van der Waals surface area (Å²) in [6.07, 6.45) is 5.66. The van der Waals surface area contributed by atoms with E-state index in [1.807, 2.05) is 0 Å². The first-order chi connectivity index (χ1) is 11.5. The fraction of sp³-hybridized carbons (Fsp3) is 0.600. The van der Waals surface area contributed by atoms with Crippen LogP contribution in [-0.4, -0.2) is 35.0 Å². The van der Waals surface area contributed by atoms with Crippen molar-refractivity contribution in [2.45, 2.75) is 45.4 Å². The number of carboxylic acid groups (broad SMARTS) is 1. The van der Waals surface area contributed by atoms with Gasteiger partial charge in [0.05, 0.1) is 5.92 Å². The molecule has 2 aliphatic rings. The van der Waals surface area contributed by atoms with Crippen LogP contribution < -0.4 is 0 Å². The Morgan fingerprint density at radius 2 is 1.83 bits per heavy atom. The first-order valence-corrected chi connectivity index (χ1v) is 9.10. The Morgan fingerprint density at radius 1 is 1.12 bits per heavy atom. The quantitative estimate of drug-likeness (QED) is 0.781. The van der Waals surface area contributed by atoms with E-state index in [9.17, 15) is 14.7 Å². The average molecular weight is 329 g/mol. The van der Waals surface area contributed by atoms with Crippen LogP contribution in [0.1, 0.15) is 43.2 Å². The summed E-state index contributed by atoms with van der Waals surface area (Å²) in [5.74, 6) is -0.242. The van der Waals surface area contributed by atoms with Crippen molar-refractivity contribution in [2.24, 2.45) is 17.8 Å². The lowest BCUT2D eigenvalue weighted by Crippen LogP contribution is -2.29. The molecule has 1 aliphatic carbocycles. The van der Waals surface area contributed by atoms with Crippen molar-refractivity contribution in [3.63, 3.8) is 0 Å². The molecule has 1 aromatic rings. The molecule has 0 spiro atoms. The van der Waals surface area contributed by atoms with Gasteiger partial charge >= 0.3 is 5.97 Å². The van der Waals surface area contributed by atoms with Gasteiger partial charge in [-0.3, -0.25) is 9.59 Å². The number of hydrogen-bond donors (Lipinski definition) is 1. The summed E-state index contributed by atoms with van der Waals surface area (Å²) in [7, 11) is 0. The molecule has 1 heterocycles. The average Bonchev–Trinajstić information content (AvgIpc) is 3.31. The standard InChI is InChI=1S/C20H27NO3/c1-14-6-8-15(9-7-14)4-2-3-5-19(22)21-12-17(16-10-11-16)18(13-21)20(23)24/h6-9,16-18H,2-5,10-13H2,1H3,(H,23,24)/t17-,18+/m1/s1. The van der Waals surface area contributed by atoms with Crippen molar-refractivity contribution in [1.29, 1.82) is 0 Å². The monoisotopic (exact) mass is 329 g/mol. The molecule has 4 nitrogen and oxygen atoms in total. The van der Waals surface area contributed by atoms with Crippen molar-refractivity contribution < 1.29 is 14.7 Å². The van der Waals surface area contributed by atoms with E-state index in [-0.39, 0.29) is 17.7 Å². The van der Waals surface area contributed by atoms with E-state index >= 15 is 0 Å². The Hall–Kier alpha value is -1.84. The number of hydrogen-bond acceptors (Lipinski definition) is 2. The summed E-state index contributed by atoms with van der Waals surface area (Å²) < 4.78 is 0. The third-order valence-electron chi connectivity index (χ3n) is 5.49. The molecule has 0 bridgehead atoms. The van der Waals surface area contributed by atoms with Crippen molar-refractivity contribution in [1.82, 2.24) is 4.90 Å². The van der Waals surface area contributed by atoms with Gasteiger partial charge < -0.3 is 10.0 Å². The number of unbranched alkanes of at least 4 members (excludes halogenated alkanes) is 1. The van der Waals surface area contributed by atoms with Crippen LogP contribution in [0.4, 0.5) is 0 Å². The molecule has 1 N–H and O–H groups in total. The summed E-state index contributed by atoms with van der Waals surface area (Å²) in [4.78, 5) is 25.6. The second-order valence-corrected chi connectivity index (χ2v) is 7.44. The highest BCUT2D eigenvalue weighted by Gasteiger charge is 2.46. The van der Waals surface area contributed by atoms with Gasteiger partial charge in [-0.1, -0.05) is 29.8 Å². The topological polar surface area (TPSA) is 57.6 Å². The second kappa shape index (κ2) is 7.37. The van der Waals surface area contributed by atoms with Gasteiger partial charge in [0, 0.05) is 19.5 Å².